The van der Waals surface area contributed by atoms with Gasteiger partial charge in [-0.05, 0) is 23.8 Å². The molecule has 116 valence electrons. The van der Waals surface area contributed by atoms with Gasteiger partial charge >= 0.3 is 0 Å². The standard InChI is InChI=1S/C17H15N3O3/c21-13-6-5-11(16(22)8-13)10-19-20-17(23)7-12-9-18-15-4-2-1-3-14(12)15/h1-6,8-10,18,21-22H,7H2,(H,20,23)/b19-10+. The molecule has 0 aliphatic carbocycles. The molecule has 0 saturated carbocycles. The molecule has 6 nitrogen and oxygen atoms in total. The third kappa shape index (κ3) is 3.32. The molecule has 0 atom stereocenters. The molecule has 2 aromatic carbocycles. The second kappa shape index (κ2) is 6.23. The lowest BCUT2D eigenvalue weighted by Crippen LogP contribution is -2.19. The first-order chi connectivity index (χ1) is 11.1. The maximum atomic E-state index is 11.9. The summed E-state index contributed by atoms with van der Waals surface area (Å²) in [6.45, 7) is 0. The van der Waals surface area contributed by atoms with Gasteiger partial charge in [-0.3, -0.25) is 4.79 Å². The van der Waals surface area contributed by atoms with Crippen LogP contribution in [0, 0.1) is 0 Å². The van der Waals surface area contributed by atoms with Crippen molar-refractivity contribution in [2.45, 2.75) is 6.42 Å². The molecule has 4 N–H and O–H groups in total. The van der Waals surface area contributed by atoms with Gasteiger partial charge in [-0.15, -0.1) is 0 Å². The number of phenolic OH excluding ortho intramolecular Hbond substituents is 2. The number of amides is 1. The van der Waals surface area contributed by atoms with E-state index in [9.17, 15) is 15.0 Å². The van der Waals surface area contributed by atoms with Crippen molar-refractivity contribution >= 4 is 23.0 Å². The number of nitrogens with zero attached hydrogens (tertiary/aromatic N) is 1. The number of fused-ring (bicyclic) bond motifs is 1. The zero-order chi connectivity index (χ0) is 16.2. The third-order valence-corrected chi connectivity index (χ3v) is 3.43. The summed E-state index contributed by atoms with van der Waals surface area (Å²) in [6, 6.07) is 11.9. The highest BCUT2D eigenvalue weighted by molar-refractivity contribution is 5.90. The summed E-state index contributed by atoms with van der Waals surface area (Å²) >= 11 is 0. The van der Waals surface area contributed by atoms with Crippen molar-refractivity contribution in [3.63, 3.8) is 0 Å². The number of benzene rings is 2. The summed E-state index contributed by atoms with van der Waals surface area (Å²) in [5.74, 6) is -0.410. The SMILES string of the molecule is O=C(Cc1c[nH]c2ccccc12)N/N=C/c1ccc(O)cc1O. The minimum absolute atomic E-state index is 0.0389. The van der Waals surface area contributed by atoms with Crippen molar-refractivity contribution in [3.8, 4) is 11.5 Å². The lowest BCUT2D eigenvalue weighted by molar-refractivity contribution is -0.120. The summed E-state index contributed by atoms with van der Waals surface area (Å²) in [5.41, 5.74) is 4.69. The summed E-state index contributed by atoms with van der Waals surface area (Å²) in [6.07, 6.45) is 3.32. The number of phenols is 2. The van der Waals surface area contributed by atoms with Crippen LogP contribution >= 0.6 is 0 Å². The molecule has 3 aromatic rings. The lowest BCUT2D eigenvalue weighted by atomic mass is 10.1. The molecule has 1 aromatic heterocycles. The first-order valence-corrected chi connectivity index (χ1v) is 7.02. The number of hydrogen-bond acceptors (Lipinski definition) is 4. The number of hydrazone groups is 1. The maximum Gasteiger partial charge on any atom is 0.244 e. The number of rotatable bonds is 4. The van der Waals surface area contributed by atoms with Crippen molar-refractivity contribution in [1.82, 2.24) is 10.4 Å². The van der Waals surface area contributed by atoms with Gasteiger partial charge < -0.3 is 15.2 Å². The van der Waals surface area contributed by atoms with Crippen LogP contribution in [-0.2, 0) is 11.2 Å². The molecular formula is C17H15N3O3. The topological polar surface area (TPSA) is 97.7 Å². The van der Waals surface area contributed by atoms with Crippen molar-refractivity contribution in [2.24, 2.45) is 5.10 Å². The quantitative estimate of drug-likeness (QED) is 0.439. The average molecular weight is 309 g/mol. The molecule has 3 rings (SSSR count). The van der Waals surface area contributed by atoms with Gasteiger partial charge in [-0.2, -0.15) is 5.10 Å². The fraction of sp³-hybridized carbons (Fsp3) is 0.0588. The molecule has 0 saturated heterocycles. The highest BCUT2D eigenvalue weighted by atomic mass is 16.3. The molecule has 0 unspecified atom stereocenters. The van der Waals surface area contributed by atoms with Crippen LogP contribution in [0.3, 0.4) is 0 Å². The van der Waals surface area contributed by atoms with Crippen LogP contribution in [0.1, 0.15) is 11.1 Å². The number of carbonyl (C=O) groups excluding carboxylic acids is 1. The van der Waals surface area contributed by atoms with E-state index in [1.165, 1.54) is 24.4 Å². The fourth-order valence-corrected chi connectivity index (χ4v) is 2.31. The number of H-pyrrole nitrogens is 1. The number of aromatic hydroxyl groups is 2. The van der Waals surface area contributed by atoms with Gasteiger partial charge in [-0.1, -0.05) is 18.2 Å². The number of carbonyl (C=O) groups is 1. The van der Waals surface area contributed by atoms with Crippen LogP contribution in [-0.4, -0.2) is 27.3 Å². The van der Waals surface area contributed by atoms with E-state index in [1.54, 1.807) is 6.20 Å². The van der Waals surface area contributed by atoms with Gasteiger partial charge in [0.05, 0.1) is 12.6 Å². The molecule has 1 amide bonds. The molecule has 0 aliphatic heterocycles. The Bertz CT molecular complexity index is 884. The molecule has 0 aliphatic rings. The molecule has 23 heavy (non-hydrogen) atoms. The van der Waals surface area contributed by atoms with Gasteiger partial charge in [0, 0.05) is 28.7 Å². The van der Waals surface area contributed by atoms with Crippen molar-refractivity contribution in [1.29, 1.82) is 0 Å². The van der Waals surface area contributed by atoms with Gasteiger partial charge in [0.2, 0.25) is 5.91 Å². The Morgan fingerprint density at radius 2 is 2.04 bits per heavy atom. The normalized spacial score (nSPS) is 11.1. The third-order valence-electron chi connectivity index (χ3n) is 3.43. The van der Waals surface area contributed by atoms with E-state index in [1.807, 2.05) is 24.3 Å². The smallest absolute Gasteiger partial charge is 0.244 e. The van der Waals surface area contributed by atoms with E-state index < -0.39 is 0 Å². The molecule has 0 spiro atoms. The van der Waals surface area contributed by atoms with E-state index in [0.29, 0.717) is 5.56 Å². The number of nitrogens with one attached hydrogen (secondary N) is 2. The Hall–Kier alpha value is -3.28. The average Bonchev–Trinajstić information content (AvgIpc) is 2.93. The molecule has 6 heteroatoms. The molecule has 0 fully saturated rings. The fourth-order valence-electron chi connectivity index (χ4n) is 2.31. The van der Waals surface area contributed by atoms with Crippen LogP contribution in [0.2, 0.25) is 0 Å². The molecule has 1 heterocycles. The Morgan fingerprint density at radius 1 is 1.22 bits per heavy atom. The second-order valence-corrected chi connectivity index (χ2v) is 5.07. The highest BCUT2D eigenvalue weighted by Crippen LogP contribution is 2.21. The van der Waals surface area contributed by atoms with Gasteiger partial charge in [0.25, 0.3) is 0 Å². The number of para-hydroxylation sites is 1. The van der Waals surface area contributed by atoms with Crippen molar-refractivity contribution in [2.75, 3.05) is 0 Å². The Balaban J connectivity index is 1.64. The molecule has 0 radical (unpaired) electrons. The largest absolute Gasteiger partial charge is 0.508 e. The van der Waals surface area contributed by atoms with E-state index in [4.69, 9.17) is 0 Å². The van der Waals surface area contributed by atoms with E-state index in [2.05, 4.69) is 15.5 Å². The predicted molar refractivity (Wildman–Crippen MR) is 87.5 cm³/mol. The minimum Gasteiger partial charge on any atom is -0.508 e. The first kappa shape index (κ1) is 14.6. The Morgan fingerprint density at radius 3 is 2.87 bits per heavy atom. The summed E-state index contributed by atoms with van der Waals surface area (Å²) in [4.78, 5) is 15.1. The van der Waals surface area contributed by atoms with E-state index >= 15 is 0 Å². The molecular weight excluding hydrogens is 294 g/mol. The predicted octanol–water partition coefficient (Wildman–Crippen LogP) is 2.27. The number of hydrogen-bond donors (Lipinski definition) is 4. The van der Waals surface area contributed by atoms with Crippen LogP contribution in [0.25, 0.3) is 10.9 Å². The van der Waals surface area contributed by atoms with Crippen LogP contribution < -0.4 is 5.43 Å². The maximum absolute atomic E-state index is 11.9. The summed E-state index contributed by atoms with van der Waals surface area (Å²) in [5, 5.41) is 23.6. The highest BCUT2D eigenvalue weighted by Gasteiger charge is 2.07. The van der Waals surface area contributed by atoms with Crippen molar-refractivity contribution < 1.29 is 15.0 Å². The minimum atomic E-state index is -0.260. The van der Waals surface area contributed by atoms with Crippen molar-refractivity contribution in [3.05, 3.63) is 59.8 Å². The Kier molecular flexibility index (Phi) is 3.97. The number of aromatic amines is 1. The monoisotopic (exact) mass is 309 g/mol. The second-order valence-electron chi connectivity index (χ2n) is 5.07. The van der Waals surface area contributed by atoms with Crippen LogP contribution in [0.15, 0.2) is 53.8 Å². The number of aromatic nitrogens is 1. The Labute approximate surface area is 132 Å². The first-order valence-electron chi connectivity index (χ1n) is 7.02. The zero-order valence-corrected chi connectivity index (χ0v) is 12.2. The van der Waals surface area contributed by atoms with Gasteiger partial charge in [0.1, 0.15) is 11.5 Å². The van der Waals surface area contributed by atoms with E-state index in [-0.39, 0.29) is 23.8 Å². The van der Waals surface area contributed by atoms with E-state index in [0.717, 1.165) is 16.5 Å². The van der Waals surface area contributed by atoms with Crippen LogP contribution in [0.4, 0.5) is 0 Å². The lowest BCUT2D eigenvalue weighted by Gasteiger charge is -2.01. The zero-order valence-electron chi connectivity index (χ0n) is 12.2. The summed E-state index contributed by atoms with van der Waals surface area (Å²) < 4.78 is 0. The molecule has 0 bridgehead atoms. The van der Waals surface area contributed by atoms with Gasteiger partial charge in [-0.25, -0.2) is 5.43 Å². The van der Waals surface area contributed by atoms with Crippen LogP contribution in [0.5, 0.6) is 11.5 Å². The summed E-state index contributed by atoms with van der Waals surface area (Å²) in [7, 11) is 0. The van der Waals surface area contributed by atoms with Gasteiger partial charge in [0.15, 0.2) is 0 Å².